The minimum absolute atomic E-state index is 0.291. The molecule has 0 aliphatic heterocycles. The summed E-state index contributed by atoms with van der Waals surface area (Å²) in [5.41, 5.74) is 0.839. The van der Waals surface area contributed by atoms with Crippen molar-refractivity contribution in [2.75, 3.05) is 27.4 Å². The highest BCUT2D eigenvalue weighted by molar-refractivity contribution is 5.75. The fraction of sp³-hybridized carbons (Fsp3) is 0.375. The van der Waals surface area contributed by atoms with Crippen LogP contribution in [0.3, 0.4) is 0 Å². The molecule has 0 fully saturated rings. The first-order valence-corrected chi connectivity index (χ1v) is 7.30. The lowest BCUT2D eigenvalue weighted by Gasteiger charge is -2.21. The number of hydrogen-bond acceptors (Lipinski definition) is 4. The Morgan fingerprint density at radius 1 is 1.35 bits per heavy atom. The average molecular weight is 318 g/mol. The third-order valence-electron chi connectivity index (χ3n) is 3.43. The maximum Gasteiger partial charge on any atom is 0.315 e. The number of carbonyl (C=O) groups excluding carboxylic acids is 1. The summed E-state index contributed by atoms with van der Waals surface area (Å²) in [4.78, 5) is 16.5. The van der Waals surface area contributed by atoms with Crippen molar-refractivity contribution in [3.8, 4) is 5.75 Å². The van der Waals surface area contributed by atoms with Crippen LogP contribution in [0.4, 0.5) is 4.79 Å². The molecule has 2 aromatic rings. The quantitative estimate of drug-likeness (QED) is 0.758. The van der Waals surface area contributed by atoms with E-state index in [0.29, 0.717) is 18.9 Å². The number of carbonyl (C=O) groups is 1. The number of hydrogen-bond donors (Lipinski definition) is 2. The molecule has 0 spiro atoms. The molecule has 124 valence electrons. The highest BCUT2D eigenvalue weighted by atomic mass is 16.5. The summed E-state index contributed by atoms with van der Waals surface area (Å²) in [6, 6.07) is 6.84. The van der Waals surface area contributed by atoms with Gasteiger partial charge in [0.25, 0.3) is 0 Å². The van der Waals surface area contributed by atoms with E-state index >= 15 is 0 Å². The zero-order chi connectivity index (χ0) is 16.7. The Kier molecular flexibility index (Phi) is 5.99. The number of methoxy groups -OCH3 is 2. The van der Waals surface area contributed by atoms with E-state index in [1.165, 1.54) is 0 Å². The predicted molar refractivity (Wildman–Crippen MR) is 86.5 cm³/mol. The lowest BCUT2D eigenvalue weighted by molar-refractivity contribution is 0.195. The predicted octanol–water partition coefficient (Wildman–Crippen LogP) is 1.46. The molecule has 0 aliphatic rings. The Balaban J connectivity index is 2.26. The van der Waals surface area contributed by atoms with Crippen molar-refractivity contribution < 1.29 is 14.3 Å². The van der Waals surface area contributed by atoms with Crippen molar-refractivity contribution in [1.82, 2.24) is 20.2 Å². The van der Waals surface area contributed by atoms with Crippen LogP contribution in [0.2, 0.25) is 0 Å². The molecule has 2 amide bonds. The van der Waals surface area contributed by atoms with Gasteiger partial charge in [0.05, 0.1) is 13.7 Å². The van der Waals surface area contributed by atoms with Crippen LogP contribution in [0.5, 0.6) is 5.75 Å². The van der Waals surface area contributed by atoms with E-state index in [2.05, 4.69) is 15.6 Å². The third kappa shape index (κ3) is 4.23. The lowest BCUT2D eigenvalue weighted by atomic mass is 10.0. The summed E-state index contributed by atoms with van der Waals surface area (Å²) < 4.78 is 12.2. The molecule has 0 unspecified atom stereocenters. The van der Waals surface area contributed by atoms with Gasteiger partial charge in [-0.25, -0.2) is 9.78 Å². The van der Waals surface area contributed by atoms with E-state index in [1.54, 1.807) is 20.4 Å². The largest absolute Gasteiger partial charge is 0.496 e. The molecule has 7 heteroatoms. The Bertz CT molecular complexity index is 642. The third-order valence-corrected chi connectivity index (χ3v) is 3.43. The van der Waals surface area contributed by atoms with Crippen molar-refractivity contribution in [2.24, 2.45) is 7.05 Å². The molecule has 0 bridgehead atoms. The molecular weight excluding hydrogens is 296 g/mol. The van der Waals surface area contributed by atoms with Crippen LogP contribution in [0.15, 0.2) is 36.7 Å². The van der Waals surface area contributed by atoms with Crippen molar-refractivity contribution in [2.45, 2.75) is 6.04 Å². The molecule has 0 saturated heterocycles. The van der Waals surface area contributed by atoms with Crippen LogP contribution in [0.25, 0.3) is 0 Å². The second kappa shape index (κ2) is 8.19. The van der Waals surface area contributed by atoms with Gasteiger partial charge in [0.15, 0.2) is 0 Å². The zero-order valence-electron chi connectivity index (χ0n) is 13.6. The van der Waals surface area contributed by atoms with E-state index in [9.17, 15) is 4.79 Å². The van der Waals surface area contributed by atoms with Crippen molar-refractivity contribution >= 4 is 6.03 Å². The van der Waals surface area contributed by atoms with Crippen LogP contribution in [0, 0.1) is 0 Å². The number of benzene rings is 1. The van der Waals surface area contributed by atoms with Crippen LogP contribution in [0.1, 0.15) is 17.4 Å². The van der Waals surface area contributed by atoms with Gasteiger partial charge >= 0.3 is 6.03 Å². The van der Waals surface area contributed by atoms with E-state index in [1.807, 2.05) is 42.1 Å². The van der Waals surface area contributed by atoms with Crippen molar-refractivity contribution in [3.63, 3.8) is 0 Å². The van der Waals surface area contributed by atoms with Gasteiger partial charge in [0, 0.05) is 38.7 Å². The fourth-order valence-electron chi connectivity index (χ4n) is 2.29. The molecule has 23 heavy (non-hydrogen) atoms. The molecule has 1 atom stereocenters. The Morgan fingerprint density at radius 3 is 2.78 bits per heavy atom. The van der Waals surface area contributed by atoms with Crippen LogP contribution in [-0.4, -0.2) is 43.0 Å². The molecule has 2 N–H and O–H groups in total. The summed E-state index contributed by atoms with van der Waals surface area (Å²) in [6.07, 6.45) is 3.53. The smallest absolute Gasteiger partial charge is 0.315 e. The standard InChI is InChI=1S/C16H22N4O3/c1-20-10-8-17-15(20)14(19-16(21)18-9-11-22-2)12-6-4-5-7-13(12)23-3/h4-8,10,14H,9,11H2,1-3H3,(H2,18,19,21)/t14-/m0/s1. The molecule has 0 aliphatic carbocycles. The summed E-state index contributed by atoms with van der Waals surface area (Å²) in [5.74, 6) is 1.41. The Morgan fingerprint density at radius 2 is 2.13 bits per heavy atom. The summed E-state index contributed by atoms with van der Waals surface area (Å²) in [7, 11) is 5.08. The first kappa shape index (κ1) is 16.8. The molecule has 1 aromatic heterocycles. The molecule has 2 rings (SSSR count). The highest BCUT2D eigenvalue weighted by Crippen LogP contribution is 2.28. The number of amides is 2. The maximum atomic E-state index is 12.2. The molecule has 0 saturated carbocycles. The van der Waals surface area contributed by atoms with Gasteiger partial charge in [0.1, 0.15) is 17.6 Å². The number of rotatable bonds is 7. The first-order chi connectivity index (χ1) is 11.2. The van der Waals surface area contributed by atoms with E-state index in [-0.39, 0.29) is 6.03 Å². The number of nitrogens with zero attached hydrogens (tertiary/aromatic N) is 2. The average Bonchev–Trinajstić information content (AvgIpc) is 2.99. The van der Waals surface area contributed by atoms with Gasteiger partial charge in [-0.3, -0.25) is 0 Å². The van der Waals surface area contributed by atoms with E-state index < -0.39 is 6.04 Å². The van der Waals surface area contributed by atoms with E-state index in [0.717, 1.165) is 11.4 Å². The number of aromatic nitrogens is 2. The second-order valence-electron chi connectivity index (χ2n) is 4.96. The van der Waals surface area contributed by atoms with Gasteiger partial charge in [-0.05, 0) is 6.07 Å². The van der Waals surface area contributed by atoms with Gasteiger partial charge in [-0.1, -0.05) is 18.2 Å². The topological polar surface area (TPSA) is 77.4 Å². The van der Waals surface area contributed by atoms with Crippen LogP contribution in [-0.2, 0) is 11.8 Å². The van der Waals surface area contributed by atoms with Crippen LogP contribution < -0.4 is 15.4 Å². The first-order valence-electron chi connectivity index (χ1n) is 7.30. The number of nitrogens with one attached hydrogen (secondary N) is 2. The lowest BCUT2D eigenvalue weighted by Crippen LogP contribution is -2.40. The molecule has 1 aromatic carbocycles. The fourth-order valence-corrected chi connectivity index (χ4v) is 2.29. The zero-order valence-corrected chi connectivity index (χ0v) is 13.6. The number of imidazole rings is 1. The summed E-state index contributed by atoms with van der Waals surface area (Å²) >= 11 is 0. The highest BCUT2D eigenvalue weighted by Gasteiger charge is 2.23. The number of para-hydroxylation sites is 1. The van der Waals surface area contributed by atoms with Crippen molar-refractivity contribution in [3.05, 3.63) is 48.0 Å². The van der Waals surface area contributed by atoms with E-state index in [4.69, 9.17) is 9.47 Å². The summed E-state index contributed by atoms with van der Waals surface area (Å²) in [6.45, 7) is 0.886. The maximum absolute atomic E-state index is 12.2. The van der Waals surface area contributed by atoms with Gasteiger partial charge in [0.2, 0.25) is 0 Å². The minimum Gasteiger partial charge on any atom is -0.496 e. The number of ether oxygens (including phenoxy) is 2. The second-order valence-corrected chi connectivity index (χ2v) is 4.96. The minimum atomic E-state index is -0.423. The normalized spacial score (nSPS) is 11.8. The van der Waals surface area contributed by atoms with Crippen LogP contribution >= 0.6 is 0 Å². The number of urea groups is 1. The molecule has 0 radical (unpaired) electrons. The molecule has 1 heterocycles. The van der Waals surface area contributed by atoms with Gasteiger partial charge in [-0.15, -0.1) is 0 Å². The number of aryl methyl sites for hydroxylation is 1. The molecule has 7 nitrogen and oxygen atoms in total. The van der Waals surface area contributed by atoms with Gasteiger partial charge in [-0.2, -0.15) is 0 Å². The molecular formula is C16H22N4O3. The van der Waals surface area contributed by atoms with Crippen molar-refractivity contribution in [1.29, 1.82) is 0 Å². The Labute approximate surface area is 135 Å². The monoisotopic (exact) mass is 318 g/mol. The Hall–Kier alpha value is -2.54. The van der Waals surface area contributed by atoms with Gasteiger partial charge < -0.3 is 24.7 Å². The summed E-state index contributed by atoms with van der Waals surface area (Å²) in [5, 5.41) is 5.69. The SMILES string of the molecule is COCCNC(=O)N[C@@H](c1ccccc1OC)c1nccn1C.